The predicted molar refractivity (Wildman–Crippen MR) is 72.1 cm³/mol. The van der Waals surface area contributed by atoms with Gasteiger partial charge in [0.25, 0.3) is 0 Å². The van der Waals surface area contributed by atoms with Crippen molar-refractivity contribution >= 4 is 16.3 Å². The molecule has 0 radical (unpaired) electrons. The van der Waals surface area contributed by atoms with Crippen molar-refractivity contribution in [3.63, 3.8) is 0 Å². The Morgan fingerprint density at radius 3 is 2.89 bits per heavy atom. The second-order valence-corrected chi connectivity index (χ2v) is 4.78. The van der Waals surface area contributed by atoms with E-state index < -0.39 is 0 Å². The van der Waals surface area contributed by atoms with Gasteiger partial charge in [-0.1, -0.05) is 6.92 Å². The van der Waals surface area contributed by atoms with Crippen LogP contribution in [0.25, 0.3) is 16.2 Å². The predicted octanol–water partition coefficient (Wildman–Crippen LogP) is 3.25. The van der Waals surface area contributed by atoms with Gasteiger partial charge < -0.3 is 4.74 Å². The van der Waals surface area contributed by atoms with Gasteiger partial charge in [0.15, 0.2) is 0 Å². The Morgan fingerprint density at radius 1 is 1.28 bits per heavy atom. The minimum absolute atomic E-state index is 0.755. The summed E-state index contributed by atoms with van der Waals surface area (Å²) in [6.07, 6.45) is 2.60. The zero-order valence-corrected chi connectivity index (χ0v) is 10.9. The number of fused-ring (bicyclic) bond motifs is 1. The summed E-state index contributed by atoms with van der Waals surface area (Å²) in [6, 6.07) is 8.08. The first-order chi connectivity index (χ1) is 8.88. The minimum atomic E-state index is 0.755. The monoisotopic (exact) mass is 259 g/mol. The third kappa shape index (κ3) is 1.97. The largest absolute Gasteiger partial charge is 0.494 e. The van der Waals surface area contributed by atoms with Crippen molar-refractivity contribution in [3.05, 3.63) is 36.0 Å². The quantitative estimate of drug-likeness (QED) is 0.722. The Labute approximate surface area is 109 Å². The summed E-state index contributed by atoms with van der Waals surface area (Å²) in [7, 11) is 0. The average molecular weight is 259 g/mol. The van der Waals surface area contributed by atoms with E-state index in [1.807, 2.05) is 28.8 Å². The first kappa shape index (κ1) is 11.2. The van der Waals surface area contributed by atoms with Gasteiger partial charge in [-0.05, 0) is 30.7 Å². The van der Waals surface area contributed by atoms with Crippen molar-refractivity contribution in [2.45, 2.75) is 13.3 Å². The molecule has 3 rings (SSSR count). The molecule has 0 fully saturated rings. The van der Waals surface area contributed by atoms with Crippen LogP contribution in [0.5, 0.6) is 5.75 Å². The summed E-state index contributed by atoms with van der Waals surface area (Å²) < 4.78 is 7.42. The van der Waals surface area contributed by atoms with E-state index in [1.54, 1.807) is 17.7 Å². The van der Waals surface area contributed by atoms with E-state index in [9.17, 15) is 0 Å². The van der Waals surface area contributed by atoms with Crippen LogP contribution in [0.4, 0.5) is 0 Å². The van der Waals surface area contributed by atoms with Crippen LogP contribution in [-0.2, 0) is 0 Å². The molecule has 0 aliphatic carbocycles. The van der Waals surface area contributed by atoms with E-state index in [0.717, 1.165) is 35.0 Å². The van der Waals surface area contributed by atoms with Crippen molar-refractivity contribution in [2.24, 2.45) is 0 Å². The van der Waals surface area contributed by atoms with E-state index in [-0.39, 0.29) is 0 Å². The van der Waals surface area contributed by atoms with Crippen LogP contribution in [0.3, 0.4) is 0 Å². The first-order valence-electron chi connectivity index (χ1n) is 5.89. The second kappa shape index (κ2) is 4.78. The van der Waals surface area contributed by atoms with Crippen LogP contribution in [0, 0.1) is 0 Å². The van der Waals surface area contributed by atoms with Crippen molar-refractivity contribution in [1.29, 1.82) is 0 Å². The molecule has 5 heteroatoms. The van der Waals surface area contributed by atoms with Crippen LogP contribution in [0.15, 0.2) is 36.0 Å². The number of nitrogens with zero attached hydrogens (tertiary/aromatic N) is 3. The van der Waals surface area contributed by atoms with E-state index in [1.165, 1.54) is 0 Å². The molecule has 0 saturated heterocycles. The molecule has 2 aromatic heterocycles. The highest BCUT2D eigenvalue weighted by Gasteiger charge is 2.07. The van der Waals surface area contributed by atoms with Gasteiger partial charge in [-0.15, -0.1) is 11.3 Å². The Hall–Kier alpha value is -1.88. The fraction of sp³-hybridized carbons (Fsp3) is 0.231. The Kier molecular flexibility index (Phi) is 2.98. The van der Waals surface area contributed by atoms with Crippen molar-refractivity contribution in [1.82, 2.24) is 14.6 Å². The molecule has 0 spiro atoms. The average Bonchev–Trinajstić information content (AvgIpc) is 2.99. The highest BCUT2D eigenvalue weighted by molar-refractivity contribution is 7.15. The molecule has 18 heavy (non-hydrogen) atoms. The highest BCUT2D eigenvalue weighted by Crippen LogP contribution is 2.26. The summed E-state index contributed by atoms with van der Waals surface area (Å²) in [5.74, 6) is 0.908. The number of thiazole rings is 1. The topological polar surface area (TPSA) is 39.4 Å². The van der Waals surface area contributed by atoms with Gasteiger partial charge in [0.1, 0.15) is 12.1 Å². The fourth-order valence-electron chi connectivity index (χ4n) is 1.77. The van der Waals surface area contributed by atoms with Gasteiger partial charge in [0.05, 0.1) is 12.3 Å². The summed E-state index contributed by atoms with van der Waals surface area (Å²) in [5, 5.41) is 6.28. The van der Waals surface area contributed by atoms with Crippen molar-refractivity contribution < 1.29 is 4.74 Å². The third-order valence-electron chi connectivity index (χ3n) is 2.64. The first-order valence-corrected chi connectivity index (χ1v) is 6.77. The number of aromatic nitrogens is 3. The molecule has 3 aromatic rings. The second-order valence-electron chi connectivity index (χ2n) is 3.95. The third-order valence-corrected chi connectivity index (χ3v) is 3.47. The maximum Gasteiger partial charge on any atom is 0.212 e. The van der Waals surface area contributed by atoms with Crippen LogP contribution < -0.4 is 4.74 Å². The summed E-state index contributed by atoms with van der Waals surface area (Å²) in [5.41, 5.74) is 2.19. The lowest BCUT2D eigenvalue weighted by Gasteiger charge is -2.05. The van der Waals surface area contributed by atoms with Crippen LogP contribution in [-0.4, -0.2) is 21.2 Å². The standard InChI is InChI=1S/C13H13N3OS/c1-2-7-17-11-5-3-10(4-6-11)12-8-18-13-14-9-15-16(12)13/h3-6,8-9H,2,7H2,1H3. The summed E-state index contributed by atoms with van der Waals surface area (Å²) >= 11 is 1.59. The Bertz CT molecular complexity index is 642. The number of rotatable bonds is 4. The van der Waals surface area contributed by atoms with E-state index >= 15 is 0 Å². The number of hydrogen-bond acceptors (Lipinski definition) is 4. The number of ether oxygens (including phenoxy) is 1. The van der Waals surface area contributed by atoms with Gasteiger partial charge in [-0.25, -0.2) is 9.50 Å². The highest BCUT2D eigenvalue weighted by atomic mass is 32.1. The molecule has 0 aliphatic rings. The number of hydrogen-bond donors (Lipinski definition) is 0. The molecule has 0 unspecified atom stereocenters. The molecular formula is C13H13N3OS. The molecule has 0 amide bonds. The Balaban J connectivity index is 1.91. The molecule has 0 aliphatic heterocycles. The smallest absolute Gasteiger partial charge is 0.212 e. The lowest BCUT2D eigenvalue weighted by Crippen LogP contribution is -1.94. The molecule has 0 N–H and O–H groups in total. The molecule has 0 saturated carbocycles. The van der Waals surface area contributed by atoms with Gasteiger partial charge in [0.2, 0.25) is 4.96 Å². The molecule has 0 bridgehead atoms. The summed E-state index contributed by atoms with van der Waals surface area (Å²) in [4.78, 5) is 5.08. The maximum absolute atomic E-state index is 5.57. The zero-order chi connectivity index (χ0) is 12.4. The van der Waals surface area contributed by atoms with Gasteiger partial charge in [0, 0.05) is 10.9 Å². The van der Waals surface area contributed by atoms with Crippen LogP contribution in [0.1, 0.15) is 13.3 Å². The summed E-state index contributed by atoms with van der Waals surface area (Å²) in [6.45, 7) is 2.85. The lowest BCUT2D eigenvalue weighted by atomic mass is 10.2. The van der Waals surface area contributed by atoms with Crippen molar-refractivity contribution in [2.75, 3.05) is 6.61 Å². The molecule has 2 heterocycles. The SMILES string of the molecule is CCCOc1ccc(-c2csc3ncnn23)cc1. The van der Waals surface area contributed by atoms with Gasteiger partial charge >= 0.3 is 0 Å². The van der Waals surface area contributed by atoms with Crippen LogP contribution >= 0.6 is 11.3 Å². The molecule has 0 atom stereocenters. The van der Waals surface area contributed by atoms with E-state index in [2.05, 4.69) is 22.4 Å². The van der Waals surface area contributed by atoms with Gasteiger partial charge in [-0.2, -0.15) is 5.10 Å². The molecular weight excluding hydrogens is 246 g/mol. The lowest BCUT2D eigenvalue weighted by molar-refractivity contribution is 0.317. The fourth-order valence-corrected chi connectivity index (χ4v) is 2.57. The minimum Gasteiger partial charge on any atom is -0.494 e. The normalized spacial score (nSPS) is 10.9. The van der Waals surface area contributed by atoms with E-state index in [0.29, 0.717) is 0 Å². The van der Waals surface area contributed by atoms with Gasteiger partial charge in [-0.3, -0.25) is 0 Å². The molecule has 1 aromatic carbocycles. The van der Waals surface area contributed by atoms with Crippen LogP contribution in [0.2, 0.25) is 0 Å². The zero-order valence-electron chi connectivity index (χ0n) is 10.0. The van der Waals surface area contributed by atoms with Crippen molar-refractivity contribution in [3.8, 4) is 17.0 Å². The Morgan fingerprint density at radius 2 is 2.11 bits per heavy atom. The number of benzene rings is 1. The molecule has 4 nitrogen and oxygen atoms in total. The molecule has 92 valence electrons. The van der Waals surface area contributed by atoms with E-state index in [4.69, 9.17) is 4.74 Å². The maximum atomic E-state index is 5.57.